The number of aryl methyl sites for hydroxylation is 1. The molecule has 29 heavy (non-hydrogen) atoms. The molecule has 1 aromatic carbocycles. The van der Waals surface area contributed by atoms with Crippen molar-refractivity contribution in [3.63, 3.8) is 0 Å². The van der Waals surface area contributed by atoms with Crippen LogP contribution in [0, 0.1) is 17.0 Å². The van der Waals surface area contributed by atoms with Gasteiger partial charge in [0, 0.05) is 17.7 Å². The van der Waals surface area contributed by atoms with Crippen molar-refractivity contribution >= 4 is 29.3 Å². The molecule has 0 bridgehead atoms. The normalized spacial score (nSPS) is 10.5. The van der Waals surface area contributed by atoms with Gasteiger partial charge in [-0.3, -0.25) is 30.6 Å². The maximum Gasteiger partial charge on any atom is 0.269 e. The third-order valence-corrected chi connectivity index (χ3v) is 4.70. The van der Waals surface area contributed by atoms with Gasteiger partial charge in [-0.1, -0.05) is 11.8 Å². The standard InChI is InChI=1S/C16H15N7O5S/c1-9-12(6-7-28-9)14-19-21-16(22(14)17)29-8-13(24)18-20-15(25)10-2-4-11(5-3-10)23(26)27/h2-7H,8,17H2,1H3,(H,18,24)(H,20,25). The lowest BCUT2D eigenvalue weighted by molar-refractivity contribution is -0.384. The van der Waals surface area contributed by atoms with E-state index >= 15 is 0 Å². The summed E-state index contributed by atoms with van der Waals surface area (Å²) in [6.45, 7) is 1.76. The fourth-order valence-corrected chi connectivity index (χ4v) is 2.93. The van der Waals surface area contributed by atoms with E-state index < -0.39 is 16.7 Å². The number of nitrogen functional groups attached to an aromatic ring is 1. The zero-order valence-electron chi connectivity index (χ0n) is 15.0. The van der Waals surface area contributed by atoms with Crippen molar-refractivity contribution in [3.05, 3.63) is 58.0 Å². The Balaban J connectivity index is 1.51. The first-order valence-electron chi connectivity index (χ1n) is 8.08. The van der Waals surface area contributed by atoms with Gasteiger partial charge in [0.15, 0.2) is 5.82 Å². The number of rotatable bonds is 6. The van der Waals surface area contributed by atoms with Gasteiger partial charge in [-0.2, -0.15) is 0 Å². The highest BCUT2D eigenvalue weighted by molar-refractivity contribution is 7.99. The second-order valence-corrected chi connectivity index (χ2v) is 6.60. The molecule has 0 aliphatic carbocycles. The molecule has 150 valence electrons. The molecular formula is C16H15N7O5S. The summed E-state index contributed by atoms with van der Waals surface area (Å²) in [4.78, 5) is 34.0. The summed E-state index contributed by atoms with van der Waals surface area (Å²) in [6.07, 6.45) is 1.51. The zero-order chi connectivity index (χ0) is 21.0. The van der Waals surface area contributed by atoms with Crippen LogP contribution in [0.15, 0.2) is 46.2 Å². The number of furan rings is 1. The largest absolute Gasteiger partial charge is 0.469 e. The molecule has 0 unspecified atom stereocenters. The molecule has 4 N–H and O–H groups in total. The van der Waals surface area contributed by atoms with Crippen LogP contribution in [0.3, 0.4) is 0 Å². The molecule has 0 aliphatic rings. The van der Waals surface area contributed by atoms with Crippen LogP contribution in [-0.4, -0.2) is 37.4 Å². The van der Waals surface area contributed by atoms with E-state index in [4.69, 9.17) is 10.3 Å². The number of carbonyl (C=O) groups is 2. The lowest BCUT2D eigenvalue weighted by Gasteiger charge is -2.07. The number of nitrogens with one attached hydrogen (secondary N) is 2. The molecule has 2 amide bonds. The molecule has 0 saturated carbocycles. The van der Waals surface area contributed by atoms with Gasteiger partial charge in [0.25, 0.3) is 11.6 Å². The lowest BCUT2D eigenvalue weighted by Crippen LogP contribution is -2.42. The fraction of sp³-hybridized carbons (Fsp3) is 0.125. The van der Waals surface area contributed by atoms with Crippen LogP contribution in [0.1, 0.15) is 16.1 Å². The predicted molar refractivity (Wildman–Crippen MR) is 102 cm³/mol. The van der Waals surface area contributed by atoms with Crippen molar-refractivity contribution in [1.29, 1.82) is 0 Å². The average molecular weight is 417 g/mol. The van der Waals surface area contributed by atoms with E-state index in [0.29, 0.717) is 22.3 Å². The van der Waals surface area contributed by atoms with Crippen molar-refractivity contribution in [2.45, 2.75) is 12.1 Å². The van der Waals surface area contributed by atoms with E-state index in [9.17, 15) is 19.7 Å². The van der Waals surface area contributed by atoms with Crippen molar-refractivity contribution in [2.24, 2.45) is 0 Å². The number of hydrazine groups is 1. The van der Waals surface area contributed by atoms with Crippen LogP contribution in [0.25, 0.3) is 11.4 Å². The number of thioether (sulfide) groups is 1. The minimum atomic E-state index is -0.613. The number of aromatic nitrogens is 3. The Bertz CT molecular complexity index is 1060. The Morgan fingerprint density at radius 2 is 1.97 bits per heavy atom. The maximum atomic E-state index is 12.0. The number of benzene rings is 1. The van der Waals surface area contributed by atoms with Crippen molar-refractivity contribution in [2.75, 3.05) is 11.6 Å². The Morgan fingerprint density at radius 3 is 2.59 bits per heavy atom. The SMILES string of the molecule is Cc1occc1-c1nnc(SCC(=O)NNC(=O)c2ccc([N+](=O)[O-])cc2)n1N. The molecule has 3 aromatic rings. The topological polar surface area (TPSA) is 171 Å². The third kappa shape index (κ3) is 4.52. The van der Waals surface area contributed by atoms with Gasteiger partial charge in [0.1, 0.15) is 5.76 Å². The molecule has 0 fully saturated rings. The fourth-order valence-electron chi connectivity index (χ4n) is 2.28. The van der Waals surface area contributed by atoms with E-state index in [0.717, 1.165) is 11.8 Å². The summed E-state index contributed by atoms with van der Waals surface area (Å²) < 4.78 is 6.45. The summed E-state index contributed by atoms with van der Waals surface area (Å²) in [6, 6.07) is 6.66. The van der Waals surface area contributed by atoms with Crippen LogP contribution >= 0.6 is 11.8 Å². The predicted octanol–water partition coefficient (Wildman–Crippen LogP) is 1.02. The molecule has 12 nitrogen and oxygen atoms in total. The molecule has 2 heterocycles. The van der Waals surface area contributed by atoms with E-state index in [1.165, 1.54) is 35.2 Å². The quantitative estimate of drug-likeness (QED) is 0.229. The van der Waals surface area contributed by atoms with Gasteiger partial charge in [0.05, 0.1) is 22.5 Å². The summed E-state index contributed by atoms with van der Waals surface area (Å²) in [7, 11) is 0. The lowest BCUT2D eigenvalue weighted by atomic mass is 10.2. The molecule has 13 heteroatoms. The van der Waals surface area contributed by atoms with Crippen LogP contribution < -0.4 is 16.7 Å². The summed E-state index contributed by atoms with van der Waals surface area (Å²) >= 11 is 1.03. The number of hydrogen-bond donors (Lipinski definition) is 3. The molecule has 0 aliphatic heterocycles. The number of amides is 2. The molecular weight excluding hydrogens is 402 g/mol. The molecule has 2 aromatic heterocycles. The maximum absolute atomic E-state index is 12.0. The number of nitro groups is 1. The number of hydrogen-bond acceptors (Lipinski definition) is 9. The first-order chi connectivity index (χ1) is 13.9. The van der Waals surface area contributed by atoms with Crippen molar-refractivity contribution in [1.82, 2.24) is 25.7 Å². The first kappa shape index (κ1) is 19.9. The van der Waals surface area contributed by atoms with Crippen molar-refractivity contribution in [3.8, 4) is 11.4 Å². The number of non-ortho nitro benzene ring substituents is 1. The highest BCUT2D eigenvalue weighted by Crippen LogP contribution is 2.24. The molecule has 0 saturated heterocycles. The monoisotopic (exact) mass is 417 g/mol. The third-order valence-electron chi connectivity index (χ3n) is 3.75. The van der Waals surface area contributed by atoms with E-state index in [1.807, 2.05) is 0 Å². The molecule has 0 spiro atoms. The van der Waals surface area contributed by atoms with Gasteiger partial charge in [0.2, 0.25) is 11.1 Å². The number of nitrogens with zero attached hydrogens (tertiary/aromatic N) is 4. The van der Waals surface area contributed by atoms with Gasteiger partial charge in [-0.05, 0) is 25.1 Å². The minimum Gasteiger partial charge on any atom is -0.469 e. The van der Waals surface area contributed by atoms with Gasteiger partial charge in [-0.25, -0.2) is 4.68 Å². The summed E-state index contributed by atoms with van der Waals surface area (Å²) in [5.41, 5.74) is 5.17. The average Bonchev–Trinajstić information content (AvgIpc) is 3.29. The Morgan fingerprint density at radius 1 is 1.24 bits per heavy atom. The molecule has 0 atom stereocenters. The molecule has 3 rings (SSSR count). The summed E-state index contributed by atoms with van der Waals surface area (Å²) in [5.74, 6) is 5.79. The Kier molecular flexibility index (Phi) is 5.78. The van der Waals surface area contributed by atoms with Crippen LogP contribution in [0.4, 0.5) is 5.69 Å². The Hall–Kier alpha value is -3.87. The van der Waals surface area contributed by atoms with Gasteiger partial charge in [-0.15, -0.1) is 10.2 Å². The van der Waals surface area contributed by atoms with Gasteiger partial charge < -0.3 is 10.3 Å². The minimum absolute atomic E-state index is 0.0831. The zero-order valence-corrected chi connectivity index (χ0v) is 15.8. The smallest absolute Gasteiger partial charge is 0.269 e. The van der Waals surface area contributed by atoms with Crippen LogP contribution in [-0.2, 0) is 4.79 Å². The van der Waals surface area contributed by atoms with E-state index in [2.05, 4.69) is 21.0 Å². The summed E-state index contributed by atoms with van der Waals surface area (Å²) in [5, 5.41) is 18.8. The van der Waals surface area contributed by atoms with E-state index in [1.54, 1.807) is 13.0 Å². The van der Waals surface area contributed by atoms with Crippen LogP contribution in [0.2, 0.25) is 0 Å². The second kappa shape index (κ2) is 8.43. The van der Waals surface area contributed by atoms with E-state index in [-0.39, 0.29) is 17.0 Å². The first-order valence-corrected chi connectivity index (χ1v) is 9.06. The number of nitro benzene ring substituents is 1. The highest BCUT2D eigenvalue weighted by Gasteiger charge is 2.17. The number of nitrogens with two attached hydrogens (primary N) is 1. The Labute approximate surface area is 167 Å². The van der Waals surface area contributed by atoms with Crippen molar-refractivity contribution < 1.29 is 18.9 Å². The van der Waals surface area contributed by atoms with Crippen LogP contribution in [0.5, 0.6) is 0 Å². The second-order valence-electron chi connectivity index (χ2n) is 5.66. The number of carbonyl (C=O) groups excluding carboxylic acids is 2. The molecule has 0 radical (unpaired) electrons. The highest BCUT2D eigenvalue weighted by atomic mass is 32.2. The van der Waals surface area contributed by atoms with Gasteiger partial charge >= 0.3 is 0 Å².